The normalized spacial score (nSPS) is 12.0. The molecule has 2 heterocycles. The Hall–Kier alpha value is -3.39. The first kappa shape index (κ1) is 21.8. The Balaban J connectivity index is 1.74. The van der Waals surface area contributed by atoms with Crippen molar-refractivity contribution in [1.29, 1.82) is 0 Å². The number of nitrogens with zero attached hydrogens (tertiary/aromatic N) is 4. The van der Waals surface area contributed by atoms with Gasteiger partial charge in [-0.3, -0.25) is 14.3 Å². The van der Waals surface area contributed by atoms with Gasteiger partial charge in [0.1, 0.15) is 0 Å². The molecule has 0 saturated heterocycles. The van der Waals surface area contributed by atoms with Gasteiger partial charge in [-0.1, -0.05) is 29.5 Å². The van der Waals surface area contributed by atoms with Gasteiger partial charge in [0, 0.05) is 23.5 Å². The molecule has 5 nitrogen and oxygen atoms in total. The van der Waals surface area contributed by atoms with E-state index >= 15 is 0 Å². The summed E-state index contributed by atoms with van der Waals surface area (Å²) in [5.74, 6) is -1.77. The number of hydrogen-bond donors (Lipinski definition) is 0. The second kappa shape index (κ2) is 9.00. The average Bonchev–Trinajstić information content (AvgIpc) is 3.19. The molecule has 2 aromatic carbocycles. The van der Waals surface area contributed by atoms with Gasteiger partial charge in [0.25, 0.3) is 0 Å². The Labute approximate surface area is 188 Å². The molecule has 2 aromatic heterocycles. The van der Waals surface area contributed by atoms with Gasteiger partial charge in [-0.15, -0.1) is 10.2 Å². The summed E-state index contributed by atoms with van der Waals surface area (Å²) in [7, 11) is 0. The van der Waals surface area contributed by atoms with E-state index in [1.807, 2.05) is 42.7 Å². The smallest absolute Gasteiger partial charge is 0.196 e. The lowest BCUT2D eigenvalue weighted by Crippen LogP contribution is -2.15. The third-order valence-electron chi connectivity index (χ3n) is 5.00. The molecule has 0 amide bonds. The van der Waals surface area contributed by atoms with Crippen molar-refractivity contribution in [2.45, 2.75) is 31.2 Å². The molecule has 1 atom stereocenters. The third kappa shape index (κ3) is 4.31. The maximum absolute atomic E-state index is 13.6. The van der Waals surface area contributed by atoms with Crippen molar-refractivity contribution in [3.8, 4) is 17.1 Å². The topological polar surface area (TPSA) is 60.7 Å². The molecule has 0 aliphatic carbocycles. The second-order valence-electron chi connectivity index (χ2n) is 7.43. The monoisotopic (exact) mass is 450 g/mol. The number of hydrogen-bond acceptors (Lipinski definition) is 5. The predicted octanol–water partition coefficient (Wildman–Crippen LogP) is 5.59. The third-order valence-corrected chi connectivity index (χ3v) is 6.04. The van der Waals surface area contributed by atoms with Crippen LogP contribution in [0.5, 0.6) is 0 Å². The van der Waals surface area contributed by atoms with Gasteiger partial charge in [0.05, 0.1) is 10.9 Å². The van der Waals surface area contributed by atoms with Gasteiger partial charge in [-0.25, -0.2) is 8.78 Å². The highest BCUT2D eigenvalue weighted by Gasteiger charge is 2.24. The Bertz CT molecular complexity index is 1290. The van der Waals surface area contributed by atoms with Crippen LogP contribution in [0.4, 0.5) is 8.78 Å². The van der Waals surface area contributed by atoms with Crippen LogP contribution in [-0.2, 0) is 0 Å². The van der Waals surface area contributed by atoms with E-state index in [-0.39, 0.29) is 11.3 Å². The molecule has 0 unspecified atom stereocenters. The van der Waals surface area contributed by atoms with Crippen molar-refractivity contribution in [1.82, 2.24) is 19.7 Å². The summed E-state index contributed by atoms with van der Waals surface area (Å²) in [6, 6.07) is 12.9. The van der Waals surface area contributed by atoms with Crippen molar-refractivity contribution < 1.29 is 13.6 Å². The van der Waals surface area contributed by atoms with Crippen LogP contribution in [0.1, 0.15) is 28.4 Å². The number of aryl methyl sites for hydroxylation is 2. The minimum atomic E-state index is -1.05. The molecular formula is C24H20F2N4OS. The molecule has 8 heteroatoms. The van der Waals surface area contributed by atoms with Crippen LogP contribution in [0.15, 0.2) is 66.1 Å². The minimum Gasteiger partial charge on any atom is -0.293 e. The molecule has 4 aromatic rings. The summed E-state index contributed by atoms with van der Waals surface area (Å²) in [5, 5.41) is 8.62. The summed E-state index contributed by atoms with van der Waals surface area (Å²) >= 11 is 1.21. The Morgan fingerprint density at radius 3 is 2.53 bits per heavy atom. The van der Waals surface area contributed by atoms with E-state index in [1.165, 1.54) is 17.8 Å². The molecule has 0 aliphatic rings. The van der Waals surface area contributed by atoms with Gasteiger partial charge < -0.3 is 0 Å². The second-order valence-corrected chi connectivity index (χ2v) is 8.73. The molecule has 0 bridgehead atoms. The Morgan fingerprint density at radius 2 is 1.84 bits per heavy atom. The zero-order chi connectivity index (χ0) is 22.8. The maximum Gasteiger partial charge on any atom is 0.196 e. The first-order valence-corrected chi connectivity index (χ1v) is 10.8. The lowest BCUT2D eigenvalue weighted by atomic mass is 10.1. The number of carbonyl (C=O) groups excluding carboxylic acids is 1. The van der Waals surface area contributed by atoms with Gasteiger partial charge in [-0.05, 0) is 62.7 Å². The van der Waals surface area contributed by atoms with Crippen LogP contribution < -0.4 is 0 Å². The number of Topliss-reactive ketones (excluding diaryl/α,β-unsaturated/α-hetero) is 1. The van der Waals surface area contributed by atoms with E-state index in [2.05, 4.69) is 21.2 Å². The van der Waals surface area contributed by atoms with Crippen LogP contribution in [-0.4, -0.2) is 30.8 Å². The quantitative estimate of drug-likeness (QED) is 0.283. The number of rotatable bonds is 6. The first-order chi connectivity index (χ1) is 15.3. The van der Waals surface area contributed by atoms with Crippen molar-refractivity contribution >= 4 is 17.5 Å². The van der Waals surface area contributed by atoms with Crippen molar-refractivity contribution in [2.75, 3.05) is 0 Å². The van der Waals surface area contributed by atoms with Gasteiger partial charge in [0.2, 0.25) is 0 Å². The molecule has 0 saturated carbocycles. The fourth-order valence-corrected chi connectivity index (χ4v) is 4.33. The highest BCUT2D eigenvalue weighted by molar-refractivity contribution is 8.00. The Morgan fingerprint density at radius 1 is 1.03 bits per heavy atom. The van der Waals surface area contributed by atoms with Gasteiger partial charge in [-0.2, -0.15) is 0 Å². The number of carbonyl (C=O) groups is 1. The van der Waals surface area contributed by atoms with E-state index in [9.17, 15) is 13.6 Å². The zero-order valence-electron chi connectivity index (χ0n) is 17.7. The van der Waals surface area contributed by atoms with Crippen LogP contribution in [0.3, 0.4) is 0 Å². The van der Waals surface area contributed by atoms with E-state index in [1.54, 1.807) is 19.3 Å². The number of halogens is 2. The number of ketones is 1. The number of aromatic nitrogens is 4. The average molecular weight is 451 g/mol. The van der Waals surface area contributed by atoms with Gasteiger partial charge >= 0.3 is 0 Å². The molecule has 0 fully saturated rings. The molecule has 32 heavy (non-hydrogen) atoms. The van der Waals surface area contributed by atoms with E-state index in [0.29, 0.717) is 11.0 Å². The van der Waals surface area contributed by atoms with E-state index < -0.39 is 16.9 Å². The number of thioether (sulfide) groups is 1. The first-order valence-electron chi connectivity index (χ1n) is 9.94. The largest absolute Gasteiger partial charge is 0.293 e. The van der Waals surface area contributed by atoms with E-state index in [0.717, 1.165) is 34.5 Å². The van der Waals surface area contributed by atoms with Crippen LogP contribution in [0, 0.1) is 25.5 Å². The fourth-order valence-electron chi connectivity index (χ4n) is 3.40. The zero-order valence-corrected chi connectivity index (χ0v) is 18.5. The van der Waals surface area contributed by atoms with Gasteiger partial charge in [0.15, 0.2) is 28.4 Å². The van der Waals surface area contributed by atoms with E-state index in [4.69, 9.17) is 0 Å². The van der Waals surface area contributed by atoms with Crippen molar-refractivity contribution in [3.05, 3.63) is 89.2 Å². The lowest BCUT2D eigenvalue weighted by Gasteiger charge is -2.15. The summed E-state index contributed by atoms with van der Waals surface area (Å²) in [6.07, 6.45) is 3.38. The van der Waals surface area contributed by atoms with Crippen molar-refractivity contribution in [3.63, 3.8) is 0 Å². The molecule has 0 N–H and O–H groups in total. The fraction of sp³-hybridized carbons (Fsp3) is 0.167. The summed E-state index contributed by atoms with van der Waals surface area (Å²) in [5.41, 5.74) is 3.92. The van der Waals surface area contributed by atoms with Crippen molar-refractivity contribution in [2.24, 2.45) is 0 Å². The molecule has 4 rings (SSSR count). The van der Waals surface area contributed by atoms with Crippen LogP contribution in [0.25, 0.3) is 17.1 Å². The summed E-state index contributed by atoms with van der Waals surface area (Å²) in [4.78, 5) is 17.0. The van der Waals surface area contributed by atoms with Crippen LogP contribution >= 0.6 is 11.8 Å². The molecule has 0 aliphatic heterocycles. The SMILES string of the molecule is Cc1ccc(-n2c(S[C@H](C)C(=O)c3ccc(F)c(F)c3)nnc2-c2cccnc2)c(C)c1. The minimum absolute atomic E-state index is 0.106. The lowest BCUT2D eigenvalue weighted by molar-refractivity contribution is 0.0993. The number of benzene rings is 2. The predicted molar refractivity (Wildman–Crippen MR) is 120 cm³/mol. The maximum atomic E-state index is 13.6. The molecule has 162 valence electrons. The number of pyridine rings is 1. The highest BCUT2D eigenvalue weighted by Crippen LogP contribution is 2.32. The summed E-state index contributed by atoms with van der Waals surface area (Å²) < 4.78 is 28.8. The molecule has 0 spiro atoms. The summed E-state index contributed by atoms with van der Waals surface area (Å²) in [6.45, 7) is 5.72. The Kier molecular flexibility index (Phi) is 6.14. The standard InChI is InChI=1S/C24H20F2N4OS/c1-14-6-9-21(15(2)11-14)30-23(18-5-4-10-27-13-18)28-29-24(30)32-16(3)22(31)17-7-8-19(25)20(26)12-17/h4-13,16H,1-3H3/t16-/m1/s1. The molecule has 0 radical (unpaired) electrons. The van der Waals surface area contributed by atoms with Crippen LogP contribution in [0.2, 0.25) is 0 Å². The molecular weight excluding hydrogens is 430 g/mol. The highest BCUT2D eigenvalue weighted by atomic mass is 32.2.